The van der Waals surface area contributed by atoms with Gasteiger partial charge < -0.3 is 9.47 Å². The molecule has 3 nitrogen and oxygen atoms in total. The Kier molecular flexibility index (Phi) is 4.73. The largest absolute Gasteiger partial charge is 0.497 e. The minimum atomic E-state index is 0.240. The maximum atomic E-state index is 8.99. The van der Waals surface area contributed by atoms with Gasteiger partial charge in [0.25, 0.3) is 0 Å². The van der Waals surface area contributed by atoms with E-state index in [1.165, 1.54) is 7.11 Å². The van der Waals surface area contributed by atoms with E-state index < -0.39 is 0 Å². The van der Waals surface area contributed by atoms with Crippen LogP contribution < -0.4 is 9.47 Å². The van der Waals surface area contributed by atoms with Crippen molar-refractivity contribution in [1.82, 2.24) is 0 Å². The van der Waals surface area contributed by atoms with Crippen LogP contribution in [0, 0.1) is 11.3 Å². The van der Waals surface area contributed by atoms with Gasteiger partial charge in [-0.1, -0.05) is 17.7 Å². The molecule has 0 atom stereocenters. The van der Waals surface area contributed by atoms with Gasteiger partial charge in [0.2, 0.25) is 0 Å². The molecule has 0 radical (unpaired) electrons. The number of alkyl halides is 1. The van der Waals surface area contributed by atoms with Crippen LogP contribution in [0.5, 0.6) is 17.2 Å². The highest BCUT2D eigenvalue weighted by atomic mass is 35.5. The van der Waals surface area contributed by atoms with Gasteiger partial charge in [-0.15, -0.1) is 11.6 Å². The maximum absolute atomic E-state index is 8.99. The molecular formula is C15H11Cl2NO2. The average Bonchev–Trinajstić information content (AvgIpc) is 2.47. The van der Waals surface area contributed by atoms with Crippen molar-refractivity contribution in [2.75, 3.05) is 7.11 Å². The van der Waals surface area contributed by atoms with E-state index in [4.69, 9.17) is 37.9 Å². The molecule has 0 bridgehead atoms. The molecule has 20 heavy (non-hydrogen) atoms. The molecule has 5 heteroatoms. The van der Waals surface area contributed by atoms with Gasteiger partial charge in [0, 0.05) is 16.7 Å². The van der Waals surface area contributed by atoms with Crippen molar-refractivity contribution in [2.45, 2.75) is 5.88 Å². The van der Waals surface area contributed by atoms with Crippen molar-refractivity contribution in [2.24, 2.45) is 0 Å². The lowest BCUT2D eigenvalue weighted by molar-refractivity contribution is 0.408. The molecule has 0 aliphatic heterocycles. The van der Waals surface area contributed by atoms with Crippen molar-refractivity contribution in [3.63, 3.8) is 0 Å². The van der Waals surface area contributed by atoms with Crippen molar-refractivity contribution >= 4 is 23.2 Å². The first-order chi connectivity index (χ1) is 9.67. The van der Waals surface area contributed by atoms with E-state index in [1.807, 2.05) is 0 Å². The molecule has 0 N–H and O–H groups in total. The number of ether oxygens (including phenoxy) is 2. The van der Waals surface area contributed by atoms with Crippen molar-refractivity contribution < 1.29 is 9.47 Å². The Balaban J connectivity index is 2.40. The Bertz CT molecular complexity index is 665. The predicted octanol–water partition coefficient (Wildman–Crippen LogP) is 4.75. The summed E-state index contributed by atoms with van der Waals surface area (Å²) in [5.41, 5.74) is 1.16. The molecule has 0 spiro atoms. The summed E-state index contributed by atoms with van der Waals surface area (Å²) in [5, 5.41) is 9.53. The van der Waals surface area contributed by atoms with E-state index in [1.54, 1.807) is 36.4 Å². The SMILES string of the molecule is COc1cc(C#N)cc(Oc2cccc(Cl)c2CCl)c1. The summed E-state index contributed by atoms with van der Waals surface area (Å²) in [4.78, 5) is 0. The van der Waals surface area contributed by atoms with Crippen LogP contribution in [0.1, 0.15) is 11.1 Å². The highest BCUT2D eigenvalue weighted by Crippen LogP contribution is 2.33. The second-order valence-electron chi connectivity index (χ2n) is 3.96. The third-order valence-corrected chi connectivity index (χ3v) is 3.30. The topological polar surface area (TPSA) is 42.2 Å². The molecule has 0 saturated heterocycles. The number of nitriles is 1. The summed E-state index contributed by atoms with van der Waals surface area (Å²) in [6.07, 6.45) is 0. The number of halogens is 2. The van der Waals surface area contributed by atoms with E-state index >= 15 is 0 Å². The lowest BCUT2D eigenvalue weighted by Gasteiger charge is -2.12. The van der Waals surface area contributed by atoms with Crippen LogP contribution in [0.15, 0.2) is 36.4 Å². The summed E-state index contributed by atoms with van der Waals surface area (Å²) in [5.74, 6) is 1.84. The molecule has 0 heterocycles. The molecule has 0 amide bonds. The standard InChI is InChI=1S/C15H11Cl2NO2/c1-19-11-5-10(9-18)6-12(7-11)20-15-4-2-3-14(17)13(15)8-16/h2-7H,8H2,1H3. The fourth-order valence-corrected chi connectivity index (χ4v) is 2.28. The highest BCUT2D eigenvalue weighted by molar-refractivity contribution is 6.32. The lowest BCUT2D eigenvalue weighted by Crippen LogP contribution is -1.92. The molecule has 0 aliphatic carbocycles. The Morgan fingerprint density at radius 1 is 1.20 bits per heavy atom. The monoisotopic (exact) mass is 307 g/mol. The van der Waals surface area contributed by atoms with Crippen molar-refractivity contribution in [1.29, 1.82) is 5.26 Å². The van der Waals surface area contributed by atoms with Gasteiger partial charge >= 0.3 is 0 Å². The number of hydrogen-bond acceptors (Lipinski definition) is 3. The van der Waals surface area contributed by atoms with Gasteiger partial charge in [-0.2, -0.15) is 5.26 Å². The number of hydrogen-bond donors (Lipinski definition) is 0. The van der Waals surface area contributed by atoms with Crippen LogP contribution in [0.4, 0.5) is 0 Å². The maximum Gasteiger partial charge on any atom is 0.133 e. The van der Waals surface area contributed by atoms with Gasteiger partial charge in [-0.25, -0.2) is 0 Å². The van der Waals surface area contributed by atoms with Gasteiger partial charge in [0.1, 0.15) is 17.2 Å². The summed E-state index contributed by atoms with van der Waals surface area (Å²) in [7, 11) is 1.53. The molecule has 0 fully saturated rings. The number of methoxy groups -OCH3 is 1. The van der Waals surface area contributed by atoms with Crippen molar-refractivity contribution in [3.8, 4) is 23.3 Å². The summed E-state index contributed by atoms with van der Waals surface area (Å²) >= 11 is 12.0. The second-order valence-corrected chi connectivity index (χ2v) is 4.64. The normalized spacial score (nSPS) is 9.90. The highest BCUT2D eigenvalue weighted by Gasteiger charge is 2.09. The quantitative estimate of drug-likeness (QED) is 0.765. The Labute approximate surface area is 127 Å². The summed E-state index contributed by atoms with van der Waals surface area (Å²) in [6.45, 7) is 0. The van der Waals surface area contributed by atoms with E-state index in [-0.39, 0.29) is 5.88 Å². The minimum absolute atomic E-state index is 0.240. The first kappa shape index (κ1) is 14.5. The number of nitrogens with zero attached hydrogens (tertiary/aromatic N) is 1. The minimum Gasteiger partial charge on any atom is -0.497 e. The summed E-state index contributed by atoms with van der Waals surface area (Å²) < 4.78 is 10.9. The Morgan fingerprint density at radius 3 is 2.60 bits per heavy atom. The lowest BCUT2D eigenvalue weighted by atomic mass is 10.2. The van der Waals surface area contributed by atoms with Gasteiger partial charge in [0.05, 0.1) is 24.6 Å². The van der Waals surface area contributed by atoms with Crippen LogP contribution >= 0.6 is 23.2 Å². The first-order valence-corrected chi connectivity index (χ1v) is 6.69. The van der Waals surface area contributed by atoms with E-state index in [2.05, 4.69) is 6.07 Å². The molecule has 0 unspecified atom stereocenters. The molecule has 2 aromatic rings. The van der Waals surface area contributed by atoms with Gasteiger partial charge in [-0.3, -0.25) is 0 Å². The van der Waals surface area contributed by atoms with E-state index in [0.717, 1.165) is 0 Å². The second kappa shape index (κ2) is 6.51. The smallest absolute Gasteiger partial charge is 0.133 e. The van der Waals surface area contributed by atoms with Gasteiger partial charge in [0.15, 0.2) is 0 Å². The summed E-state index contributed by atoms with van der Waals surface area (Å²) in [6, 6.07) is 12.3. The fraction of sp³-hybridized carbons (Fsp3) is 0.133. The number of rotatable bonds is 4. The predicted molar refractivity (Wildman–Crippen MR) is 78.8 cm³/mol. The van der Waals surface area contributed by atoms with Crippen molar-refractivity contribution in [3.05, 3.63) is 52.5 Å². The van der Waals surface area contributed by atoms with Crippen LogP contribution in [-0.4, -0.2) is 7.11 Å². The molecule has 0 aromatic heterocycles. The van der Waals surface area contributed by atoms with Crippen LogP contribution in [0.2, 0.25) is 5.02 Å². The molecule has 2 aromatic carbocycles. The fourth-order valence-electron chi connectivity index (χ4n) is 1.70. The zero-order valence-corrected chi connectivity index (χ0v) is 12.2. The van der Waals surface area contributed by atoms with Crippen LogP contribution in [0.25, 0.3) is 0 Å². The third kappa shape index (κ3) is 3.16. The third-order valence-electron chi connectivity index (χ3n) is 2.68. The Hall–Kier alpha value is -1.89. The average molecular weight is 308 g/mol. The number of benzene rings is 2. The molecule has 102 valence electrons. The van der Waals surface area contributed by atoms with Crippen LogP contribution in [-0.2, 0) is 5.88 Å². The van der Waals surface area contributed by atoms with E-state index in [9.17, 15) is 0 Å². The van der Waals surface area contributed by atoms with E-state index in [0.29, 0.717) is 33.4 Å². The Morgan fingerprint density at radius 2 is 1.95 bits per heavy atom. The zero-order valence-electron chi connectivity index (χ0n) is 10.7. The first-order valence-electron chi connectivity index (χ1n) is 5.78. The molecule has 0 saturated carbocycles. The van der Waals surface area contributed by atoms with Crippen LogP contribution in [0.3, 0.4) is 0 Å². The van der Waals surface area contributed by atoms with Gasteiger partial charge in [-0.05, 0) is 24.3 Å². The molecule has 2 rings (SSSR count). The molecule has 0 aliphatic rings. The molecular weight excluding hydrogens is 297 g/mol. The zero-order chi connectivity index (χ0) is 14.5.